The fourth-order valence-corrected chi connectivity index (χ4v) is 2.93. The van der Waals surface area contributed by atoms with Gasteiger partial charge in [0.05, 0.1) is 5.92 Å². The standard InChI is InChI=1S/C14H18BrNO2/c1-2-13(10-3-5-12(15)6-4-10)16-8-7-11(9-16)14(17)18/h3-6,11,13H,2,7-9H2,1H3,(H,17,18)/t11-,13+/m0/s1. The van der Waals surface area contributed by atoms with Crippen molar-refractivity contribution in [3.05, 3.63) is 34.3 Å². The Balaban J connectivity index is 2.10. The van der Waals surface area contributed by atoms with Gasteiger partial charge in [-0.15, -0.1) is 0 Å². The predicted octanol–water partition coefficient (Wildman–Crippen LogP) is 3.31. The molecule has 0 bridgehead atoms. The highest BCUT2D eigenvalue weighted by atomic mass is 79.9. The van der Waals surface area contributed by atoms with Crippen molar-refractivity contribution in [2.75, 3.05) is 13.1 Å². The molecule has 0 amide bonds. The van der Waals surface area contributed by atoms with Gasteiger partial charge < -0.3 is 5.11 Å². The Labute approximate surface area is 116 Å². The molecular weight excluding hydrogens is 294 g/mol. The molecule has 98 valence electrons. The maximum atomic E-state index is 11.0. The largest absolute Gasteiger partial charge is 0.481 e. The number of aliphatic carboxylic acids is 1. The number of carboxylic acids is 1. The first-order valence-corrected chi connectivity index (χ1v) is 7.13. The van der Waals surface area contributed by atoms with Gasteiger partial charge in [-0.3, -0.25) is 9.69 Å². The van der Waals surface area contributed by atoms with Crippen molar-refractivity contribution in [2.24, 2.45) is 5.92 Å². The summed E-state index contributed by atoms with van der Waals surface area (Å²) in [5.74, 6) is -0.863. The van der Waals surface area contributed by atoms with Crippen LogP contribution in [0.25, 0.3) is 0 Å². The number of halogens is 1. The smallest absolute Gasteiger partial charge is 0.307 e. The Kier molecular flexibility index (Phi) is 4.40. The van der Waals surface area contributed by atoms with Crippen molar-refractivity contribution in [1.82, 2.24) is 4.90 Å². The van der Waals surface area contributed by atoms with Crippen LogP contribution < -0.4 is 0 Å². The van der Waals surface area contributed by atoms with Gasteiger partial charge in [0.2, 0.25) is 0 Å². The zero-order valence-electron chi connectivity index (χ0n) is 10.5. The number of carbonyl (C=O) groups is 1. The molecule has 1 N–H and O–H groups in total. The average molecular weight is 312 g/mol. The van der Waals surface area contributed by atoms with Gasteiger partial charge in [0.15, 0.2) is 0 Å². The van der Waals surface area contributed by atoms with E-state index in [9.17, 15) is 4.79 Å². The molecule has 0 radical (unpaired) electrons. The quantitative estimate of drug-likeness (QED) is 0.927. The molecule has 1 saturated heterocycles. The van der Waals surface area contributed by atoms with Gasteiger partial charge in [-0.05, 0) is 37.1 Å². The van der Waals surface area contributed by atoms with Crippen LogP contribution in [0.15, 0.2) is 28.7 Å². The molecule has 0 spiro atoms. The average Bonchev–Trinajstić information content (AvgIpc) is 2.82. The normalized spacial score (nSPS) is 22.0. The number of hydrogen-bond donors (Lipinski definition) is 1. The van der Waals surface area contributed by atoms with Crippen LogP contribution in [-0.2, 0) is 4.79 Å². The topological polar surface area (TPSA) is 40.5 Å². The first-order valence-electron chi connectivity index (χ1n) is 6.34. The van der Waals surface area contributed by atoms with Crippen LogP contribution in [0.2, 0.25) is 0 Å². The Bertz CT molecular complexity index is 418. The van der Waals surface area contributed by atoms with Crippen LogP contribution in [0.4, 0.5) is 0 Å². The molecule has 0 unspecified atom stereocenters. The minimum Gasteiger partial charge on any atom is -0.481 e. The maximum Gasteiger partial charge on any atom is 0.307 e. The lowest BCUT2D eigenvalue weighted by Gasteiger charge is -2.27. The number of nitrogens with zero attached hydrogens (tertiary/aromatic N) is 1. The molecule has 1 aliphatic heterocycles. The number of hydrogen-bond acceptors (Lipinski definition) is 2. The van der Waals surface area contributed by atoms with Gasteiger partial charge >= 0.3 is 5.97 Å². The summed E-state index contributed by atoms with van der Waals surface area (Å²) < 4.78 is 1.07. The fraction of sp³-hybridized carbons (Fsp3) is 0.500. The Hall–Kier alpha value is -0.870. The highest BCUT2D eigenvalue weighted by molar-refractivity contribution is 9.10. The van der Waals surface area contributed by atoms with E-state index >= 15 is 0 Å². The predicted molar refractivity (Wildman–Crippen MR) is 74.5 cm³/mol. The van der Waals surface area contributed by atoms with E-state index in [4.69, 9.17) is 5.11 Å². The lowest BCUT2D eigenvalue weighted by atomic mass is 10.0. The molecule has 2 atom stereocenters. The third kappa shape index (κ3) is 2.93. The van der Waals surface area contributed by atoms with Crippen molar-refractivity contribution in [2.45, 2.75) is 25.8 Å². The second-order valence-corrected chi connectivity index (χ2v) is 5.71. The summed E-state index contributed by atoms with van der Waals surface area (Å²) in [4.78, 5) is 13.3. The van der Waals surface area contributed by atoms with Crippen LogP contribution in [0.3, 0.4) is 0 Å². The summed E-state index contributed by atoms with van der Waals surface area (Å²) in [7, 11) is 0. The summed E-state index contributed by atoms with van der Waals surface area (Å²) in [5.41, 5.74) is 1.27. The van der Waals surface area contributed by atoms with E-state index in [1.807, 2.05) is 12.1 Å². The number of carboxylic acid groups (broad SMARTS) is 1. The van der Waals surface area contributed by atoms with Gasteiger partial charge in [0.25, 0.3) is 0 Å². The van der Waals surface area contributed by atoms with Gasteiger partial charge in [-0.1, -0.05) is 35.0 Å². The summed E-state index contributed by atoms with van der Waals surface area (Å²) >= 11 is 3.44. The van der Waals surface area contributed by atoms with Crippen LogP contribution in [0.5, 0.6) is 0 Å². The Morgan fingerprint density at radius 2 is 2.17 bits per heavy atom. The van der Waals surface area contributed by atoms with E-state index in [0.717, 1.165) is 23.9 Å². The van der Waals surface area contributed by atoms with Crippen LogP contribution >= 0.6 is 15.9 Å². The second kappa shape index (κ2) is 5.85. The maximum absolute atomic E-state index is 11.0. The third-order valence-corrected chi connectivity index (χ3v) is 4.18. The molecule has 0 aromatic heterocycles. The van der Waals surface area contributed by atoms with E-state index in [1.165, 1.54) is 5.56 Å². The lowest BCUT2D eigenvalue weighted by molar-refractivity contribution is -0.141. The summed E-state index contributed by atoms with van der Waals surface area (Å²) in [6, 6.07) is 8.66. The van der Waals surface area contributed by atoms with Crippen LogP contribution in [-0.4, -0.2) is 29.1 Å². The molecule has 3 nitrogen and oxygen atoms in total. The molecule has 1 fully saturated rings. The molecule has 4 heteroatoms. The zero-order valence-corrected chi connectivity index (χ0v) is 12.1. The van der Waals surface area contributed by atoms with E-state index in [1.54, 1.807) is 0 Å². The van der Waals surface area contributed by atoms with E-state index in [0.29, 0.717) is 12.6 Å². The van der Waals surface area contributed by atoms with Gasteiger partial charge in [-0.2, -0.15) is 0 Å². The summed E-state index contributed by atoms with van der Waals surface area (Å²) in [6.45, 7) is 3.70. The van der Waals surface area contributed by atoms with Gasteiger partial charge in [-0.25, -0.2) is 0 Å². The molecule has 1 aromatic rings. The van der Waals surface area contributed by atoms with Crippen molar-refractivity contribution in [3.8, 4) is 0 Å². The Morgan fingerprint density at radius 1 is 1.50 bits per heavy atom. The fourth-order valence-electron chi connectivity index (χ4n) is 2.66. The highest BCUT2D eigenvalue weighted by Crippen LogP contribution is 2.30. The first kappa shape index (κ1) is 13.6. The van der Waals surface area contributed by atoms with Gasteiger partial charge in [0, 0.05) is 17.1 Å². The minimum absolute atomic E-state index is 0.200. The van der Waals surface area contributed by atoms with Crippen molar-refractivity contribution in [3.63, 3.8) is 0 Å². The molecule has 1 aromatic carbocycles. The van der Waals surface area contributed by atoms with Crippen molar-refractivity contribution in [1.29, 1.82) is 0 Å². The molecule has 18 heavy (non-hydrogen) atoms. The van der Waals surface area contributed by atoms with E-state index in [2.05, 4.69) is 39.9 Å². The molecule has 1 heterocycles. The number of benzene rings is 1. The monoisotopic (exact) mass is 311 g/mol. The Morgan fingerprint density at radius 3 is 2.67 bits per heavy atom. The number of rotatable bonds is 4. The second-order valence-electron chi connectivity index (χ2n) is 4.79. The van der Waals surface area contributed by atoms with E-state index in [-0.39, 0.29) is 5.92 Å². The van der Waals surface area contributed by atoms with Gasteiger partial charge in [0.1, 0.15) is 0 Å². The SMILES string of the molecule is CC[C@H](c1ccc(Br)cc1)N1CC[C@H](C(=O)O)C1. The lowest BCUT2D eigenvalue weighted by Crippen LogP contribution is -2.27. The molecular formula is C14H18BrNO2. The molecule has 1 aliphatic rings. The van der Waals surface area contributed by atoms with E-state index < -0.39 is 5.97 Å². The third-order valence-electron chi connectivity index (χ3n) is 3.65. The van der Waals surface area contributed by atoms with Crippen molar-refractivity contribution < 1.29 is 9.90 Å². The number of likely N-dealkylation sites (tertiary alicyclic amines) is 1. The first-order chi connectivity index (χ1) is 8.61. The summed E-state index contributed by atoms with van der Waals surface area (Å²) in [5, 5.41) is 9.06. The highest BCUT2D eigenvalue weighted by Gasteiger charge is 2.31. The van der Waals surface area contributed by atoms with Crippen molar-refractivity contribution >= 4 is 21.9 Å². The van der Waals surface area contributed by atoms with Crippen LogP contribution in [0.1, 0.15) is 31.4 Å². The van der Waals surface area contributed by atoms with Crippen LogP contribution in [0, 0.1) is 5.92 Å². The zero-order chi connectivity index (χ0) is 13.1. The minimum atomic E-state index is -0.664. The molecule has 0 saturated carbocycles. The molecule has 0 aliphatic carbocycles. The molecule has 2 rings (SSSR count). The summed E-state index contributed by atoms with van der Waals surface area (Å²) in [6.07, 6.45) is 1.77.